The van der Waals surface area contributed by atoms with E-state index in [1.54, 1.807) is 12.1 Å². The summed E-state index contributed by atoms with van der Waals surface area (Å²) in [6.45, 7) is 1.84. The molecule has 1 saturated carbocycles. The lowest BCUT2D eigenvalue weighted by Crippen LogP contribution is -2.29. The SMILES string of the molecule is Cc1ccc(S(=O)(=O)O)cc1.O=C1C2C3C=CC(C3)C2C(=O)N1O. The number of carbonyl (C=O) groups is 2. The molecule has 3 aliphatic rings. The summed E-state index contributed by atoms with van der Waals surface area (Å²) < 4.78 is 29.6. The lowest BCUT2D eigenvalue weighted by atomic mass is 9.85. The van der Waals surface area contributed by atoms with Gasteiger partial charge in [0.1, 0.15) is 0 Å². The van der Waals surface area contributed by atoms with Gasteiger partial charge in [0.15, 0.2) is 0 Å². The van der Waals surface area contributed by atoms with Crippen molar-refractivity contribution in [3.8, 4) is 0 Å². The van der Waals surface area contributed by atoms with Gasteiger partial charge in [0.25, 0.3) is 21.9 Å². The molecule has 8 heteroatoms. The van der Waals surface area contributed by atoms with Gasteiger partial charge in [0.2, 0.25) is 0 Å². The number of benzene rings is 1. The van der Waals surface area contributed by atoms with Crippen LogP contribution in [-0.2, 0) is 19.7 Å². The molecule has 0 aromatic heterocycles. The maximum Gasteiger partial charge on any atom is 0.294 e. The van der Waals surface area contributed by atoms with Gasteiger partial charge >= 0.3 is 0 Å². The van der Waals surface area contributed by atoms with Gasteiger partial charge in [-0.05, 0) is 37.3 Å². The van der Waals surface area contributed by atoms with E-state index in [1.165, 1.54) is 12.1 Å². The van der Waals surface area contributed by atoms with E-state index in [9.17, 15) is 18.0 Å². The Hall–Kier alpha value is -2.03. The minimum atomic E-state index is -4.02. The lowest BCUT2D eigenvalue weighted by molar-refractivity contribution is -0.173. The van der Waals surface area contributed by atoms with Crippen molar-refractivity contribution in [3.05, 3.63) is 42.0 Å². The summed E-state index contributed by atoms with van der Waals surface area (Å²) >= 11 is 0. The molecule has 2 aliphatic carbocycles. The molecule has 24 heavy (non-hydrogen) atoms. The second-order valence-electron chi connectivity index (χ2n) is 6.28. The average Bonchev–Trinajstić information content (AvgIpc) is 3.18. The van der Waals surface area contributed by atoms with Crippen LogP contribution in [0.3, 0.4) is 0 Å². The first-order valence-corrected chi connectivity index (χ1v) is 8.93. The number of imide groups is 1. The van der Waals surface area contributed by atoms with Gasteiger partial charge < -0.3 is 0 Å². The predicted molar refractivity (Wildman–Crippen MR) is 82.4 cm³/mol. The van der Waals surface area contributed by atoms with Gasteiger partial charge in [-0.25, -0.2) is 0 Å². The van der Waals surface area contributed by atoms with E-state index < -0.39 is 21.9 Å². The molecule has 1 heterocycles. The van der Waals surface area contributed by atoms with Gasteiger partial charge in [0.05, 0.1) is 16.7 Å². The molecule has 7 nitrogen and oxygen atoms in total. The van der Waals surface area contributed by atoms with Gasteiger partial charge in [-0.3, -0.25) is 19.3 Å². The summed E-state index contributed by atoms with van der Waals surface area (Å²) in [5, 5.41) is 9.45. The molecule has 4 atom stereocenters. The number of aryl methyl sites for hydroxylation is 1. The molecule has 1 aromatic rings. The number of hydrogen-bond acceptors (Lipinski definition) is 5. The largest absolute Gasteiger partial charge is 0.294 e. The van der Waals surface area contributed by atoms with Crippen LogP contribution >= 0.6 is 0 Å². The van der Waals surface area contributed by atoms with Crippen LogP contribution in [0, 0.1) is 30.6 Å². The highest BCUT2D eigenvalue weighted by Crippen LogP contribution is 2.51. The van der Waals surface area contributed by atoms with Crippen molar-refractivity contribution in [3.63, 3.8) is 0 Å². The van der Waals surface area contributed by atoms with Crippen molar-refractivity contribution in [1.82, 2.24) is 5.06 Å². The van der Waals surface area contributed by atoms with Crippen molar-refractivity contribution in [2.45, 2.75) is 18.2 Å². The van der Waals surface area contributed by atoms with Crippen LogP contribution < -0.4 is 0 Å². The minimum Gasteiger partial charge on any atom is -0.282 e. The lowest BCUT2D eigenvalue weighted by Gasteiger charge is -2.13. The Balaban J connectivity index is 0.000000144. The van der Waals surface area contributed by atoms with Gasteiger partial charge in [-0.2, -0.15) is 13.5 Å². The average molecular weight is 351 g/mol. The molecule has 1 aromatic carbocycles. The third kappa shape index (κ3) is 2.77. The number of hydroxylamine groups is 2. The molecular weight excluding hydrogens is 334 g/mol. The second kappa shape index (κ2) is 5.80. The number of rotatable bonds is 1. The van der Waals surface area contributed by atoms with E-state index in [0.717, 1.165) is 12.0 Å². The fraction of sp³-hybridized carbons (Fsp3) is 0.375. The Morgan fingerprint density at radius 1 is 1.00 bits per heavy atom. The highest BCUT2D eigenvalue weighted by Gasteiger charge is 2.59. The van der Waals surface area contributed by atoms with Crippen molar-refractivity contribution in [2.75, 3.05) is 0 Å². The van der Waals surface area contributed by atoms with E-state index >= 15 is 0 Å². The Morgan fingerprint density at radius 3 is 1.88 bits per heavy atom. The molecular formula is C16H17NO6S. The molecule has 2 N–H and O–H groups in total. The van der Waals surface area contributed by atoms with Crippen LogP contribution in [-0.4, -0.2) is 35.1 Å². The number of hydrogen-bond donors (Lipinski definition) is 2. The van der Waals surface area contributed by atoms with Gasteiger partial charge in [-0.15, -0.1) is 0 Å². The summed E-state index contributed by atoms with van der Waals surface area (Å²) in [5.74, 6) is -0.995. The summed E-state index contributed by atoms with van der Waals surface area (Å²) in [7, 11) is -4.02. The number of carbonyl (C=O) groups excluding carboxylic acids is 2. The van der Waals surface area contributed by atoms with Crippen LogP contribution in [0.1, 0.15) is 12.0 Å². The smallest absolute Gasteiger partial charge is 0.282 e. The van der Waals surface area contributed by atoms with Crippen molar-refractivity contribution < 1.29 is 27.8 Å². The van der Waals surface area contributed by atoms with Gasteiger partial charge in [-0.1, -0.05) is 29.8 Å². The third-order valence-electron chi connectivity index (χ3n) is 4.77. The van der Waals surface area contributed by atoms with Crippen LogP contribution in [0.5, 0.6) is 0 Å². The van der Waals surface area contributed by atoms with Crippen molar-refractivity contribution in [2.24, 2.45) is 23.7 Å². The number of fused-ring (bicyclic) bond motifs is 5. The predicted octanol–water partition coefficient (Wildman–Crippen LogP) is 1.42. The monoisotopic (exact) mass is 351 g/mol. The summed E-state index contributed by atoms with van der Waals surface area (Å²) in [6, 6.07) is 5.99. The van der Waals surface area contributed by atoms with Crippen LogP contribution in [0.2, 0.25) is 0 Å². The maximum absolute atomic E-state index is 11.4. The fourth-order valence-electron chi connectivity index (χ4n) is 3.60. The first kappa shape index (κ1) is 16.8. The van der Waals surface area contributed by atoms with E-state index in [0.29, 0.717) is 5.06 Å². The normalized spacial score (nSPS) is 30.4. The fourth-order valence-corrected chi connectivity index (χ4v) is 4.08. The highest BCUT2D eigenvalue weighted by atomic mass is 32.2. The van der Waals surface area contributed by atoms with Crippen molar-refractivity contribution in [1.29, 1.82) is 0 Å². The molecule has 2 fully saturated rings. The quantitative estimate of drug-likeness (QED) is 0.342. The molecule has 0 radical (unpaired) electrons. The summed E-state index contributed by atoms with van der Waals surface area (Å²) in [4.78, 5) is 22.7. The van der Waals surface area contributed by atoms with E-state index in [4.69, 9.17) is 9.76 Å². The molecule has 1 saturated heterocycles. The first-order valence-electron chi connectivity index (χ1n) is 7.49. The molecule has 2 bridgehead atoms. The highest BCUT2D eigenvalue weighted by molar-refractivity contribution is 7.85. The van der Waals surface area contributed by atoms with E-state index in [2.05, 4.69) is 0 Å². The maximum atomic E-state index is 11.4. The van der Waals surface area contributed by atoms with Crippen LogP contribution in [0.4, 0.5) is 0 Å². The third-order valence-corrected chi connectivity index (χ3v) is 5.63. The number of nitrogens with zero attached hydrogens (tertiary/aromatic N) is 1. The Bertz CT molecular complexity index is 783. The van der Waals surface area contributed by atoms with Crippen molar-refractivity contribution >= 4 is 21.9 Å². The Kier molecular flexibility index (Phi) is 4.06. The molecule has 4 unspecified atom stereocenters. The van der Waals surface area contributed by atoms with Gasteiger partial charge in [0, 0.05) is 0 Å². The standard InChI is InChI=1S/C9H9NO3.C7H8O3S/c11-8-6-4-1-2-5(3-4)7(6)9(12)10(8)13;1-6-2-4-7(5-3-6)11(8,9)10/h1-2,4-7,13H,3H2;2-5H,1H3,(H,8,9,10). The molecule has 128 valence electrons. The number of allylic oxidation sites excluding steroid dienone is 2. The molecule has 4 rings (SSSR count). The first-order chi connectivity index (χ1) is 11.2. The minimum absolute atomic E-state index is 0.0666. The summed E-state index contributed by atoms with van der Waals surface area (Å²) in [5.41, 5.74) is 0.956. The van der Waals surface area contributed by atoms with Crippen LogP contribution in [0.15, 0.2) is 41.3 Å². The zero-order valence-corrected chi connectivity index (χ0v) is 13.7. The van der Waals surface area contributed by atoms with E-state index in [1.807, 2.05) is 19.1 Å². The molecule has 0 spiro atoms. The molecule has 1 aliphatic heterocycles. The Morgan fingerprint density at radius 2 is 1.46 bits per heavy atom. The summed E-state index contributed by atoms with van der Waals surface area (Å²) in [6.07, 6.45) is 4.90. The topological polar surface area (TPSA) is 112 Å². The Labute approximate surface area is 139 Å². The molecule has 2 amide bonds. The zero-order valence-electron chi connectivity index (χ0n) is 12.9. The van der Waals surface area contributed by atoms with E-state index in [-0.39, 0.29) is 28.6 Å². The zero-order chi connectivity index (χ0) is 17.6. The van der Waals surface area contributed by atoms with Crippen LogP contribution in [0.25, 0.3) is 0 Å². The second-order valence-corrected chi connectivity index (χ2v) is 7.70. The number of amides is 2.